The Kier molecular flexibility index (Phi) is 2.87. The van der Waals surface area contributed by atoms with E-state index in [0.717, 1.165) is 30.1 Å². The highest BCUT2D eigenvalue weighted by Crippen LogP contribution is 2.29. The number of anilines is 1. The molecular weight excluding hydrogens is 242 g/mol. The highest BCUT2D eigenvalue weighted by atomic mass is 79.9. The lowest BCUT2D eigenvalue weighted by molar-refractivity contribution is -0.106. The molecule has 14 heavy (non-hydrogen) atoms. The van der Waals surface area contributed by atoms with Gasteiger partial charge < -0.3 is 9.69 Å². The van der Waals surface area contributed by atoms with Crippen LogP contribution in [-0.4, -0.2) is 19.4 Å². The molecule has 1 aromatic carbocycles. The van der Waals surface area contributed by atoms with Crippen LogP contribution in [0.5, 0.6) is 0 Å². The lowest BCUT2D eigenvalue weighted by atomic mass is 10.0. The molecule has 0 aromatic heterocycles. The second-order valence-electron chi connectivity index (χ2n) is 3.49. The van der Waals surface area contributed by atoms with Gasteiger partial charge in [0.25, 0.3) is 0 Å². The molecule has 0 saturated heterocycles. The van der Waals surface area contributed by atoms with Crippen molar-refractivity contribution in [2.45, 2.75) is 12.8 Å². The van der Waals surface area contributed by atoms with E-state index < -0.39 is 0 Å². The molecule has 0 spiro atoms. The van der Waals surface area contributed by atoms with Crippen LogP contribution in [0.2, 0.25) is 0 Å². The van der Waals surface area contributed by atoms with Gasteiger partial charge in [-0.1, -0.05) is 15.9 Å². The summed E-state index contributed by atoms with van der Waals surface area (Å²) in [5.41, 5.74) is 2.55. The van der Waals surface area contributed by atoms with Crippen molar-refractivity contribution in [1.82, 2.24) is 0 Å². The largest absolute Gasteiger partial charge is 0.364 e. The molecule has 0 unspecified atom stereocenters. The van der Waals surface area contributed by atoms with E-state index in [2.05, 4.69) is 33.0 Å². The smallest absolute Gasteiger partial charge is 0.139 e. The third-order valence-electron chi connectivity index (χ3n) is 2.55. The summed E-state index contributed by atoms with van der Waals surface area (Å²) in [4.78, 5) is 12.6. The SMILES string of the molecule is O=CCN1CCCc2cc(Br)ccc21. The van der Waals surface area contributed by atoms with Crippen LogP contribution in [0.15, 0.2) is 22.7 Å². The monoisotopic (exact) mass is 253 g/mol. The fourth-order valence-electron chi connectivity index (χ4n) is 1.92. The van der Waals surface area contributed by atoms with Gasteiger partial charge >= 0.3 is 0 Å². The number of carbonyl (C=O) groups excluding carboxylic acids is 1. The number of aldehydes is 1. The van der Waals surface area contributed by atoms with Gasteiger partial charge in [0.15, 0.2) is 0 Å². The first kappa shape index (κ1) is 9.71. The van der Waals surface area contributed by atoms with Crippen molar-refractivity contribution in [3.8, 4) is 0 Å². The molecule has 0 aliphatic carbocycles. The number of rotatable bonds is 2. The molecule has 0 atom stereocenters. The molecule has 1 aromatic rings. The van der Waals surface area contributed by atoms with E-state index in [0.29, 0.717) is 6.54 Å². The number of benzene rings is 1. The Balaban J connectivity index is 2.34. The lowest BCUT2D eigenvalue weighted by Gasteiger charge is -2.29. The number of aryl methyl sites for hydroxylation is 1. The standard InChI is InChI=1S/C11H12BrNO/c12-10-3-4-11-9(8-10)2-1-5-13(11)6-7-14/h3-4,7-8H,1-2,5-6H2. The van der Waals surface area contributed by atoms with Crippen molar-refractivity contribution in [1.29, 1.82) is 0 Å². The van der Waals surface area contributed by atoms with Gasteiger partial charge in [-0.15, -0.1) is 0 Å². The first-order chi connectivity index (χ1) is 6.81. The minimum Gasteiger partial charge on any atom is -0.364 e. The molecule has 0 saturated carbocycles. The molecule has 0 fully saturated rings. The third-order valence-corrected chi connectivity index (χ3v) is 3.04. The van der Waals surface area contributed by atoms with E-state index >= 15 is 0 Å². The van der Waals surface area contributed by atoms with Crippen LogP contribution in [0.3, 0.4) is 0 Å². The fraction of sp³-hybridized carbons (Fsp3) is 0.364. The molecule has 1 heterocycles. The molecule has 1 aliphatic rings. The second-order valence-corrected chi connectivity index (χ2v) is 4.40. The summed E-state index contributed by atoms with van der Waals surface area (Å²) >= 11 is 3.46. The fourth-order valence-corrected chi connectivity index (χ4v) is 2.33. The van der Waals surface area contributed by atoms with Crippen molar-refractivity contribution in [3.63, 3.8) is 0 Å². The maximum atomic E-state index is 10.5. The quantitative estimate of drug-likeness (QED) is 0.755. The maximum absolute atomic E-state index is 10.5. The normalized spacial score (nSPS) is 15.1. The first-order valence-corrected chi connectivity index (χ1v) is 5.57. The number of carbonyl (C=O) groups is 1. The van der Waals surface area contributed by atoms with E-state index in [4.69, 9.17) is 0 Å². The van der Waals surface area contributed by atoms with Gasteiger partial charge in [-0.3, -0.25) is 0 Å². The van der Waals surface area contributed by atoms with Crippen LogP contribution in [-0.2, 0) is 11.2 Å². The number of halogens is 1. The van der Waals surface area contributed by atoms with E-state index in [9.17, 15) is 4.79 Å². The van der Waals surface area contributed by atoms with Gasteiger partial charge in [-0.2, -0.15) is 0 Å². The van der Waals surface area contributed by atoms with Crippen molar-refractivity contribution in [2.75, 3.05) is 18.0 Å². The summed E-state index contributed by atoms with van der Waals surface area (Å²) in [7, 11) is 0. The summed E-state index contributed by atoms with van der Waals surface area (Å²) in [6.45, 7) is 1.50. The number of hydrogen-bond donors (Lipinski definition) is 0. The first-order valence-electron chi connectivity index (χ1n) is 4.78. The zero-order chi connectivity index (χ0) is 9.97. The van der Waals surface area contributed by atoms with E-state index in [1.807, 2.05) is 6.07 Å². The third kappa shape index (κ3) is 1.82. The van der Waals surface area contributed by atoms with Crippen LogP contribution < -0.4 is 4.90 Å². The van der Waals surface area contributed by atoms with Crippen LogP contribution in [0.1, 0.15) is 12.0 Å². The summed E-state index contributed by atoms with van der Waals surface area (Å²) in [5, 5.41) is 0. The summed E-state index contributed by atoms with van der Waals surface area (Å²) < 4.78 is 1.12. The van der Waals surface area contributed by atoms with Gasteiger partial charge in [-0.25, -0.2) is 0 Å². The average Bonchev–Trinajstić information content (AvgIpc) is 2.18. The highest BCUT2D eigenvalue weighted by molar-refractivity contribution is 9.10. The van der Waals surface area contributed by atoms with Crippen molar-refractivity contribution in [2.24, 2.45) is 0 Å². The van der Waals surface area contributed by atoms with E-state index in [-0.39, 0.29) is 0 Å². The van der Waals surface area contributed by atoms with Crippen molar-refractivity contribution >= 4 is 27.9 Å². The van der Waals surface area contributed by atoms with Gasteiger partial charge in [-0.05, 0) is 36.6 Å². The molecule has 2 rings (SSSR count). The number of nitrogens with zero attached hydrogens (tertiary/aromatic N) is 1. The molecule has 2 nitrogen and oxygen atoms in total. The summed E-state index contributed by atoms with van der Waals surface area (Å²) in [5.74, 6) is 0. The summed E-state index contributed by atoms with van der Waals surface area (Å²) in [6.07, 6.45) is 3.22. The van der Waals surface area contributed by atoms with Gasteiger partial charge in [0.2, 0.25) is 0 Å². The Morgan fingerprint density at radius 3 is 3.14 bits per heavy atom. The predicted octanol–water partition coefficient (Wildman–Crippen LogP) is 2.40. The molecular formula is C11H12BrNO. The van der Waals surface area contributed by atoms with Gasteiger partial charge in [0.05, 0.1) is 6.54 Å². The van der Waals surface area contributed by atoms with Gasteiger partial charge in [0.1, 0.15) is 6.29 Å². The molecule has 0 N–H and O–H groups in total. The average molecular weight is 254 g/mol. The van der Waals surface area contributed by atoms with Crippen LogP contribution in [0.4, 0.5) is 5.69 Å². The van der Waals surface area contributed by atoms with E-state index in [1.165, 1.54) is 11.3 Å². The Morgan fingerprint density at radius 1 is 1.50 bits per heavy atom. The molecule has 0 amide bonds. The topological polar surface area (TPSA) is 20.3 Å². The molecule has 74 valence electrons. The lowest BCUT2D eigenvalue weighted by Crippen LogP contribution is -2.30. The van der Waals surface area contributed by atoms with E-state index in [1.54, 1.807) is 0 Å². The maximum Gasteiger partial charge on any atom is 0.139 e. The van der Waals surface area contributed by atoms with Crippen LogP contribution in [0, 0.1) is 0 Å². The highest BCUT2D eigenvalue weighted by Gasteiger charge is 2.15. The Hall–Kier alpha value is -0.830. The Labute approximate surface area is 92.0 Å². The van der Waals surface area contributed by atoms with Gasteiger partial charge in [0, 0.05) is 16.7 Å². The number of fused-ring (bicyclic) bond motifs is 1. The number of hydrogen-bond acceptors (Lipinski definition) is 2. The molecule has 3 heteroatoms. The molecule has 1 aliphatic heterocycles. The van der Waals surface area contributed by atoms with Crippen LogP contribution >= 0.6 is 15.9 Å². The minimum atomic E-state index is 0.509. The second kappa shape index (κ2) is 4.13. The van der Waals surface area contributed by atoms with Crippen molar-refractivity contribution in [3.05, 3.63) is 28.2 Å². The zero-order valence-corrected chi connectivity index (χ0v) is 9.46. The predicted molar refractivity (Wildman–Crippen MR) is 60.7 cm³/mol. The molecule has 0 bridgehead atoms. The minimum absolute atomic E-state index is 0.509. The van der Waals surface area contributed by atoms with Crippen molar-refractivity contribution < 1.29 is 4.79 Å². The van der Waals surface area contributed by atoms with Crippen LogP contribution in [0.25, 0.3) is 0 Å². The summed E-state index contributed by atoms with van der Waals surface area (Å²) in [6, 6.07) is 6.26. The zero-order valence-electron chi connectivity index (χ0n) is 7.87. The Morgan fingerprint density at radius 2 is 2.36 bits per heavy atom. The Bertz CT molecular complexity index is 351. The molecule has 0 radical (unpaired) electrons.